The van der Waals surface area contributed by atoms with Crippen molar-refractivity contribution in [2.45, 2.75) is 11.2 Å². The molecular formula is C44H53BrN4O2. The van der Waals surface area contributed by atoms with E-state index in [1.807, 2.05) is 163 Å². The van der Waals surface area contributed by atoms with Crippen molar-refractivity contribution in [3.63, 3.8) is 0 Å². The van der Waals surface area contributed by atoms with Crippen LogP contribution >= 0.6 is 15.9 Å². The molecule has 268 valence electrons. The summed E-state index contributed by atoms with van der Waals surface area (Å²) in [6.45, 7) is 7.56. The molecule has 51 heavy (non-hydrogen) atoms. The van der Waals surface area contributed by atoms with Gasteiger partial charge in [-0.1, -0.05) is 88.5 Å². The Morgan fingerprint density at radius 3 is 1.04 bits per heavy atom. The second-order valence-electron chi connectivity index (χ2n) is 12.5. The van der Waals surface area contributed by atoms with Gasteiger partial charge in [-0.05, 0) is 48.5 Å². The van der Waals surface area contributed by atoms with E-state index < -0.39 is 11.2 Å². The number of ether oxygens (including phenoxy) is 1. The van der Waals surface area contributed by atoms with Crippen LogP contribution in [-0.4, -0.2) is 73.4 Å². The van der Waals surface area contributed by atoms with Gasteiger partial charge in [0, 0.05) is 107 Å². The molecule has 7 heteroatoms. The Morgan fingerprint density at radius 2 is 0.843 bits per heavy atom. The minimum Gasteiger partial charge on any atom is -0.378 e. The lowest BCUT2D eigenvalue weighted by molar-refractivity contribution is 0.0467. The van der Waals surface area contributed by atoms with Crippen LogP contribution in [0.25, 0.3) is 0 Å². The number of benzene rings is 4. The minimum absolute atomic E-state index is 0.370. The second kappa shape index (κ2) is 20.1. The summed E-state index contributed by atoms with van der Waals surface area (Å²) in [7, 11) is 15.9. The number of hydrogen-bond donors (Lipinski definition) is 1. The van der Waals surface area contributed by atoms with Gasteiger partial charge in [-0.15, -0.1) is 26.0 Å². The van der Waals surface area contributed by atoms with Crippen molar-refractivity contribution in [1.29, 1.82) is 0 Å². The number of nitrogens with zero attached hydrogens (tertiary/aromatic N) is 4. The van der Waals surface area contributed by atoms with Crippen molar-refractivity contribution in [3.05, 3.63) is 145 Å². The summed E-state index contributed by atoms with van der Waals surface area (Å²) in [5.41, 5.74) is 5.23. The largest absolute Gasteiger partial charge is 0.378 e. The van der Waals surface area contributed by atoms with Gasteiger partial charge in [0.1, 0.15) is 0 Å². The van der Waals surface area contributed by atoms with Gasteiger partial charge in [0.15, 0.2) is 11.2 Å². The standard InChI is InChI=1S/C22H26N2O.C19H22N2O.C3H5Br/c1-7-17-25-22(8-2,18-9-13-20(14-10-18)23(3)4)19-11-15-21(16-12-19)24(5)6;1-6-19(22,15-7-11-17(12-8-15)20(2)3)16-9-13-18(14-10-16)21(4)5;1-2-3-4/h2,7,9-16H,1,17H2,3-6H3;1,7-14,22H,2-5H3;2H,1,3H2. The summed E-state index contributed by atoms with van der Waals surface area (Å²) in [5, 5.41) is 11.9. The average Bonchev–Trinajstić information content (AvgIpc) is 3.15. The predicted molar refractivity (Wildman–Crippen MR) is 225 cm³/mol. The molecule has 0 unspecified atom stereocenters. The van der Waals surface area contributed by atoms with E-state index in [0.29, 0.717) is 17.7 Å². The zero-order valence-electron chi connectivity index (χ0n) is 31.4. The Balaban J connectivity index is 0.000000322. The van der Waals surface area contributed by atoms with Gasteiger partial charge in [0.2, 0.25) is 0 Å². The summed E-state index contributed by atoms with van der Waals surface area (Å²) in [4.78, 5) is 8.12. The maximum atomic E-state index is 11.0. The van der Waals surface area contributed by atoms with Crippen LogP contribution in [0.2, 0.25) is 0 Å². The minimum atomic E-state index is -1.42. The summed E-state index contributed by atoms with van der Waals surface area (Å²) in [6, 6.07) is 31.6. The third-order valence-electron chi connectivity index (χ3n) is 8.12. The molecule has 0 fully saturated rings. The Labute approximate surface area is 315 Å². The number of aliphatic hydroxyl groups is 1. The van der Waals surface area contributed by atoms with E-state index in [0.717, 1.165) is 39.2 Å². The number of allylic oxidation sites excluding steroid dienone is 1. The molecule has 0 spiro atoms. The SMILES string of the molecule is C#CC(O)(c1ccc(N(C)C)cc1)c1ccc(N(C)C)cc1.C#CC(OCC=C)(c1ccc(N(C)C)cc1)c1ccc(N(C)C)cc1.C=CCBr. The monoisotopic (exact) mass is 748 g/mol. The van der Waals surface area contributed by atoms with Gasteiger partial charge in [0.05, 0.1) is 6.61 Å². The van der Waals surface area contributed by atoms with E-state index in [1.165, 1.54) is 0 Å². The van der Waals surface area contributed by atoms with Gasteiger partial charge < -0.3 is 29.4 Å². The third-order valence-corrected chi connectivity index (χ3v) is 8.58. The Bertz CT molecular complexity index is 1630. The molecule has 4 aromatic rings. The fraction of sp³-hybridized carbons (Fsp3) is 0.273. The topological polar surface area (TPSA) is 42.4 Å². The van der Waals surface area contributed by atoms with Crippen molar-refractivity contribution >= 4 is 38.7 Å². The smallest absolute Gasteiger partial charge is 0.179 e. The number of hydrogen-bond acceptors (Lipinski definition) is 6. The van der Waals surface area contributed by atoms with Crippen LogP contribution in [0.3, 0.4) is 0 Å². The fourth-order valence-corrected chi connectivity index (χ4v) is 5.05. The molecule has 0 aliphatic rings. The van der Waals surface area contributed by atoms with Gasteiger partial charge in [-0.25, -0.2) is 0 Å². The maximum absolute atomic E-state index is 11.0. The second-order valence-corrected chi connectivity index (χ2v) is 13.1. The molecular weight excluding hydrogens is 696 g/mol. The van der Waals surface area contributed by atoms with Gasteiger partial charge in [-0.2, -0.15) is 0 Å². The van der Waals surface area contributed by atoms with Crippen molar-refractivity contribution in [2.24, 2.45) is 0 Å². The van der Waals surface area contributed by atoms with E-state index >= 15 is 0 Å². The lowest BCUT2D eigenvalue weighted by atomic mass is 9.86. The zero-order chi connectivity index (χ0) is 38.2. The van der Waals surface area contributed by atoms with Crippen molar-refractivity contribution < 1.29 is 9.84 Å². The van der Waals surface area contributed by atoms with E-state index in [9.17, 15) is 5.11 Å². The molecule has 4 rings (SSSR count). The number of rotatable bonds is 12. The van der Waals surface area contributed by atoms with Gasteiger partial charge in [0.25, 0.3) is 0 Å². The molecule has 0 aliphatic carbocycles. The molecule has 4 aromatic carbocycles. The first kappa shape index (κ1) is 42.2. The Morgan fingerprint density at radius 1 is 0.569 bits per heavy atom. The zero-order valence-corrected chi connectivity index (χ0v) is 33.0. The first-order valence-corrected chi connectivity index (χ1v) is 17.6. The van der Waals surface area contributed by atoms with Crippen LogP contribution in [0.4, 0.5) is 22.7 Å². The average molecular weight is 750 g/mol. The van der Waals surface area contributed by atoms with Crippen LogP contribution in [0, 0.1) is 24.7 Å². The molecule has 0 bridgehead atoms. The van der Waals surface area contributed by atoms with Crippen molar-refractivity contribution in [3.8, 4) is 24.7 Å². The van der Waals surface area contributed by atoms with Gasteiger partial charge >= 0.3 is 0 Å². The Hall–Kier alpha value is -4.92. The number of halogens is 1. The highest BCUT2D eigenvalue weighted by molar-refractivity contribution is 9.09. The van der Waals surface area contributed by atoms with E-state index in [2.05, 4.69) is 50.7 Å². The van der Waals surface area contributed by atoms with Gasteiger partial charge in [-0.3, -0.25) is 0 Å². The molecule has 6 nitrogen and oxygen atoms in total. The highest BCUT2D eigenvalue weighted by Crippen LogP contribution is 2.35. The van der Waals surface area contributed by atoms with E-state index in [1.54, 1.807) is 12.2 Å². The first-order valence-electron chi connectivity index (χ1n) is 16.5. The van der Waals surface area contributed by atoms with E-state index in [4.69, 9.17) is 17.6 Å². The van der Waals surface area contributed by atoms with E-state index in [-0.39, 0.29) is 0 Å². The number of anilines is 4. The highest BCUT2D eigenvalue weighted by atomic mass is 79.9. The number of alkyl halides is 1. The lowest BCUT2D eigenvalue weighted by Crippen LogP contribution is -2.30. The predicted octanol–water partition coefficient (Wildman–Crippen LogP) is 8.15. The maximum Gasteiger partial charge on any atom is 0.179 e. The molecule has 0 heterocycles. The molecule has 0 atom stereocenters. The molecule has 0 aromatic heterocycles. The van der Waals surface area contributed by atoms with Crippen LogP contribution in [0.1, 0.15) is 22.3 Å². The number of terminal acetylenes is 2. The summed E-state index contributed by atoms with van der Waals surface area (Å²) < 4.78 is 6.12. The molecule has 0 saturated carbocycles. The summed E-state index contributed by atoms with van der Waals surface area (Å²) in [5.74, 6) is 5.42. The molecule has 0 saturated heterocycles. The van der Waals surface area contributed by atoms with Crippen LogP contribution in [0.15, 0.2) is 122 Å². The molecule has 1 N–H and O–H groups in total. The summed E-state index contributed by atoms with van der Waals surface area (Å²) >= 11 is 3.13. The summed E-state index contributed by atoms with van der Waals surface area (Å²) in [6.07, 6.45) is 15.1. The Kier molecular flexibility index (Phi) is 16.6. The lowest BCUT2D eigenvalue weighted by Gasteiger charge is -2.30. The molecule has 0 radical (unpaired) electrons. The quantitative estimate of drug-likeness (QED) is 0.0897. The first-order chi connectivity index (χ1) is 24.2. The normalized spacial score (nSPS) is 10.5. The van der Waals surface area contributed by atoms with Crippen LogP contribution < -0.4 is 19.6 Å². The van der Waals surface area contributed by atoms with Crippen LogP contribution in [-0.2, 0) is 15.9 Å². The van der Waals surface area contributed by atoms with Crippen molar-refractivity contribution in [1.82, 2.24) is 0 Å². The fourth-order valence-electron chi connectivity index (χ4n) is 5.05. The third kappa shape index (κ3) is 11.0. The van der Waals surface area contributed by atoms with Crippen molar-refractivity contribution in [2.75, 3.05) is 87.9 Å². The molecule has 0 amide bonds. The van der Waals surface area contributed by atoms with Crippen LogP contribution in [0.5, 0.6) is 0 Å². The molecule has 0 aliphatic heterocycles. The highest BCUT2D eigenvalue weighted by Gasteiger charge is 2.33.